The number of hydrogen-bond donors (Lipinski definition) is 3. The van der Waals surface area contributed by atoms with Crippen molar-refractivity contribution in [1.82, 2.24) is 16.0 Å². The fraction of sp³-hybridized carbons (Fsp3) is 0.778. The number of nitrogens with zero attached hydrogens (tertiary/aromatic N) is 1. The summed E-state index contributed by atoms with van der Waals surface area (Å²) in [4.78, 5) is 16.2. The molecular formula is C18H34N4O. The molecule has 0 aromatic rings. The molecule has 1 unspecified atom stereocenters. The normalized spacial score (nSPS) is 16.5. The van der Waals surface area contributed by atoms with Gasteiger partial charge in [0.1, 0.15) is 0 Å². The highest BCUT2D eigenvalue weighted by Gasteiger charge is 2.06. The number of amides is 1. The standard InChI is InChI=1S/C18H34N4O/c1-4-15(3)22-17(23)12-14-21-18(19-5-2)20-13-11-16-9-7-6-8-10-16/h9,15H,4-8,10-14H2,1-3H3,(H,22,23)(H2,19,20,21). The lowest BCUT2D eigenvalue weighted by atomic mass is 9.97. The summed E-state index contributed by atoms with van der Waals surface area (Å²) in [6, 6.07) is 0.238. The lowest BCUT2D eigenvalue weighted by Gasteiger charge is -2.15. The maximum absolute atomic E-state index is 11.7. The number of aliphatic imine (C=N–C) groups is 1. The molecular weight excluding hydrogens is 288 g/mol. The second kappa shape index (κ2) is 12.0. The second-order valence-corrected chi connectivity index (χ2v) is 6.17. The van der Waals surface area contributed by atoms with E-state index in [1.807, 2.05) is 6.92 Å². The molecule has 1 atom stereocenters. The van der Waals surface area contributed by atoms with Gasteiger partial charge < -0.3 is 16.0 Å². The van der Waals surface area contributed by atoms with Crippen LogP contribution < -0.4 is 16.0 Å². The Bertz CT molecular complexity index is 404. The molecule has 0 radical (unpaired) electrons. The van der Waals surface area contributed by atoms with Crippen LogP contribution in [0.2, 0.25) is 0 Å². The minimum absolute atomic E-state index is 0.0753. The molecule has 1 rings (SSSR count). The van der Waals surface area contributed by atoms with Crippen LogP contribution in [0.15, 0.2) is 16.6 Å². The van der Waals surface area contributed by atoms with Gasteiger partial charge in [0.15, 0.2) is 5.96 Å². The highest BCUT2D eigenvalue weighted by molar-refractivity contribution is 5.80. The van der Waals surface area contributed by atoms with Gasteiger partial charge in [0.25, 0.3) is 0 Å². The zero-order chi connectivity index (χ0) is 16.9. The number of rotatable bonds is 9. The predicted molar refractivity (Wildman–Crippen MR) is 97.7 cm³/mol. The molecule has 5 nitrogen and oxygen atoms in total. The third-order valence-electron chi connectivity index (χ3n) is 4.10. The molecule has 1 aliphatic carbocycles. The zero-order valence-electron chi connectivity index (χ0n) is 15.1. The number of carbonyl (C=O) groups excluding carboxylic acids is 1. The van der Waals surface area contributed by atoms with Crippen molar-refractivity contribution in [3.05, 3.63) is 11.6 Å². The van der Waals surface area contributed by atoms with E-state index in [1.54, 1.807) is 5.57 Å². The van der Waals surface area contributed by atoms with Gasteiger partial charge >= 0.3 is 0 Å². The molecule has 1 amide bonds. The van der Waals surface area contributed by atoms with Gasteiger partial charge in [-0.2, -0.15) is 0 Å². The molecule has 0 aliphatic heterocycles. The van der Waals surface area contributed by atoms with Gasteiger partial charge in [0.05, 0.1) is 6.54 Å². The van der Waals surface area contributed by atoms with E-state index in [4.69, 9.17) is 0 Å². The monoisotopic (exact) mass is 322 g/mol. The molecule has 0 spiro atoms. The van der Waals surface area contributed by atoms with Gasteiger partial charge in [-0.15, -0.1) is 0 Å². The Balaban J connectivity index is 2.29. The van der Waals surface area contributed by atoms with Gasteiger partial charge in [-0.1, -0.05) is 18.6 Å². The van der Waals surface area contributed by atoms with Crippen molar-refractivity contribution in [2.75, 3.05) is 19.6 Å². The van der Waals surface area contributed by atoms with E-state index in [-0.39, 0.29) is 11.9 Å². The van der Waals surface area contributed by atoms with Gasteiger partial charge in [-0.25, -0.2) is 0 Å². The Labute approximate surface area is 141 Å². The summed E-state index contributed by atoms with van der Waals surface area (Å²) in [5, 5.41) is 9.56. The Hall–Kier alpha value is -1.52. The van der Waals surface area contributed by atoms with Crippen LogP contribution in [0.25, 0.3) is 0 Å². The largest absolute Gasteiger partial charge is 0.357 e. The summed E-state index contributed by atoms with van der Waals surface area (Å²) in [5.74, 6) is 0.881. The molecule has 0 aromatic carbocycles. The fourth-order valence-corrected chi connectivity index (χ4v) is 2.53. The van der Waals surface area contributed by atoms with Crippen LogP contribution in [-0.2, 0) is 4.79 Å². The zero-order valence-corrected chi connectivity index (χ0v) is 15.1. The average molecular weight is 322 g/mol. The Morgan fingerprint density at radius 2 is 2.13 bits per heavy atom. The second-order valence-electron chi connectivity index (χ2n) is 6.17. The molecule has 23 heavy (non-hydrogen) atoms. The van der Waals surface area contributed by atoms with E-state index < -0.39 is 0 Å². The quantitative estimate of drug-likeness (QED) is 0.347. The van der Waals surface area contributed by atoms with Crippen molar-refractivity contribution < 1.29 is 4.79 Å². The average Bonchev–Trinajstić information content (AvgIpc) is 2.55. The van der Waals surface area contributed by atoms with Gasteiger partial charge in [0, 0.05) is 25.6 Å². The van der Waals surface area contributed by atoms with Crippen molar-refractivity contribution >= 4 is 11.9 Å². The lowest BCUT2D eigenvalue weighted by Crippen LogP contribution is -2.38. The minimum Gasteiger partial charge on any atom is -0.357 e. The first-order valence-corrected chi connectivity index (χ1v) is 9.15. The van der Waals surface area contributed by atoms with Gasteiger partial charge in [0.2, 0.25) is 5.91 Å². The van der Waals surface area contributed by atoms with Crippen molar-refractivity contribution in [1.29, 1.82) is 0 Å². The SMILES string of the molecule is CCNC(=NCCC(=O)NC(C)CC)NCCC1=CCCCC1. The van der Waals surface area contributed by atoms with E-state index in [0.29, 0.717) is 13.0 Å². The van der Waals surface area contributed by atoms with E-state index in [1.165, 1.54) is 25.7 Å². The molecule has 0 saturated carbocycles. The topological polar surface area (TPSA) is 65.5 Å². The molecule has 0 heterocycles. The Kier molecular flexibility index (Phi) is 10.2. The molecule has 132 valence electrons. The van der Waals surface area contributed by atoms with E-state index in [0.717, 1.165) is 31.9 Å². The third kappa shape index (κ3) is 9.26. The Morgan fingerprint density at radius 1 is 1.30 bits per heavy atom. The highest BCUT2D eigenvalue weighted by atomic mass is 16.1. The molecule has 3 N–H and O–H groups in total. The van der Waals surface area contributed by atoms with Crippen molar-refractivity contribution in [2.24, 2.45) is 4.99 Å². The van der Waals surface area contributed by atoms with Crippen molar-refractivity contribution in [3.63, 3.8) is 0 Å². The summed E-state index contributed by atoms with van der Waals surface area (Å²) in [7, 11) is 0. The fourth-order valence-electron chi connectivity index (χ4n) is 2.53. The van der Waals surface area contributed by atoms with Gasteiger partial charge in [-0.05, 0) is 52.4 Å². The van der Waals surface area contributed by atoms with Crippen LogP contribution in [-0.4, -0.2) is 37.5 Å². The molecule has 0 aromatic heterocycles. The van der Waals surface area contributed by atoms with E-state index >= 15 is 0 Å². The third-order valence-corrected chi connectivity index (χ3v) is 4.10. The van der Waals surface area contributed by atoms with E-state index in [2.05, 4.69) is 40.9 Å². The highest BCUT2D eigenvalue weighted by Crippen LogP contribution is 2.19. The first-order chi connectivity index (χ1) is 11.2. The number of nitrogens with one attached hydrogen (secondary N) is 3. The smallest absolute Gasteiger partial charge is 0.222 e. The maximum atomic E-state index is 11.7. The lowest BCUT2D eigenvalue weighted by molar-refractivity contribution is -0.121. The Morgan fingerprint density at radius 3 is 2.78 bits per heavy atom. The molecule has 5 heteroatoms. The maximum Gasteiger partial charge on any atom is 0.222 e. The summed E-state index contributed by atoms with van der Waals surface area (Å²) in [6.07, 6.45) is 9.99. The van der Waals surface area contributed by atoms with E-state index in [9.17, 15) is 4.79 Å². The van der Waals surface area contributed by atoms with Crippen LogP contribution in [0, 0.1) is 0 Å². The predicted octanol–water partition coefficient (Wildman–Crippen LogP) is 2.74. The van der Waals surface area contributed by atoms with Crippen LogP contribution >= 0.6 is 0 Å². The summed E-state index contributed by atoms with van der Waals surface area (Å²) in [5.41, 5.74) is 1.56. The molecule has 0 bridgehead atoms. The number of guanidine groups is 1. The summed E-state index contributed by atoms with van der Waals surface area (Å²) in [6.45, 7) is 8.38. The van der Waals surface area contributed by atoms with Crippen LogP contribution in [0.3, 0.4) is 0 Å². The first kappa shape index (κ1) is 19.5. The van der Waals surface area contributed by atoms with Crippen molar-refractivity contribution in [2.45, 2.75) is 71.8 Å². The van der Waals surface area contributed by atoms with Crippen LogP contribution in [0.5, 0.6) is 0 Å². The minimum atomic E-state index is 0.0753. The number of hydrogen-bond acceptors (Lipinski definition) is 2. The molecule has 0 saturated heterocycles. The molecule has 0 fully saturated rings. The van der Waals surface area contributed by atoms with Crippen LogP contribution in [0.4, 0.5) is 0 Å². The van der Waals surface area contributed by atoms with Crippen LogP contribution in [0.1, 0.15) is 65.7 Å². The summed E-state index contributed by atoms with van der Waals surface area (Å²) >= 11 is 0. The number of allylic oxidation sites excluding steroid dienone is 1. The molecule has 1 aliphatic rings. The van der Waals surface area contributed by atoms with Gasteiger partial charge in [-0.3, -0.25) is 9.79 Å². The number of carbonyl (C=O) groups is 1. The van der Waals surface area contributed by atoms with Crippen molar-refractivity contribution in [3.8, 4) is 0 Å². The summed E-state index contributed by atoms with van der Waals surface area (Å²) < 4.78 is 0. The first-order valence-electron chi connectivity index (χ1n) is 9.15.